The molecule has 0 saturated heterocycles. The van der Waals surface area contributed by atoms with Gasteiger partial charge in [-0.15, -0.1) is 0 Å². The third-order valence-electron chi connectivity index (χ3n) is 3.52. The molecule has 1 atom stereocenters. The molecule has 0 spiro atoms. The van der Waals surface area contributed by atoms with Crippen LogP contribution >= 0.6 is 0 Å². The lowest BCUT2D eigenvalue weighted by Gasteiger charge is -2.21. The molecular weight excluding hydrogens is 294 g/mol. The molecule has 2 aromatic rings. The maximum Gasteiger partial charge on any atom is 0.317 e. The number of benzene rings is 1. The topological polar surface area (TPSA) is 72.3 Å². The number of rotatable bonds is 6. The molecule has 1 unspecified atom stereocenters. The normalized spacial score (nSPS) is 11.8. The Kier molecular flexibility index (Phi) is 5.56. The van der Waals surface area contributed by atoms with E-state index in [0.29, 0.717) is 13.1 Å². The molecule has 0 bridgehead atoms. The number of hydrogen-bond acceptors (Lipinski definition) is 4. The van der Waals surface area contributed by atoms with E-state index in [2.05, 4.69) is 15.4 Å². The molecule has 0 fully saturated rings. The van der Waals surface area contributed by atoms with Crippen molar-refractivity contribution in [3.8, 4) is 5.75 Å². The maximum atomic E-state index is 12.2. The highest BCUT2D eigenvalue weighted by Gasteiger charge is 2.13. The Morgan fingerprint density at radius 2 is 2.26 bits per heavy atom. The zero-order chi connectivity index (χ0) is 16.8. The Morgan fingerprint density at radius 3 is 2.87 bits per heavy atom. The Labute approximate surface area is 136 Å². The lowest BCUT2D eigenvalue weighted by atomic mass is 10.1. The number of aryl methyl sites for hydroxylation is 1. The van der Waals surface area contributed by atoms with E-state index in [0.717, 1.165) is 16.9 Å². The van der Waals surface area contributed by atoms with E-state index < -0.39 is 0 Å². The monoisotopic (exact) mass is 317 g/mol. The molecule has 0 aliphatic rings. The number of methoxy groups -OCH3 is 1. The molecule has 7 heteroatoms. The molecule has 7 nitrogen and oxygen atoms in total. The van der Waals surface area contributed by atoms with Gasteiger partial charge < -0.3 is 15.0 Å². The summed E-state index contributed by atoms with van der Waals surface area (Å²) in [6.45, 7) is 5.04. The van der Waals surface area contributed by atoms with Gasteiger partial charge in [-0.25, -0.2) is 9.78 Å². The first kappa shape index (κ1) is 16.8. The van der Waals surface area contributed by atoms with Crippen LogP contribution < -0.4 is 10.1 Å². The first-order chi connectivity index (χ1) is 11.0. The van der Waals surface area contributed by atoms with Gasteiger partial charge in [0.1, 0.15) is 18.4 Å². The van der Waals surface area contributed by atoms with Crippen molar-refractivity contribution in [2.24, 2.45) is 0 Å². The van der Waals surface area contributed by atoms with Crippen molar-refractivity contribution in [3.63, 3.8) is 0 Å². The summed E-state index contributed by atoms with van der Waals surface area (Å²) in [5.74, 6) is 0.849. The van der Waals surface area contributed by atoms with Crippen LogP contribution in [0.15, 0.2) is 30.9 Å². The van der Waals surface area contributed by atoms with Crippen molar-refractivity contribution in [2.75, 3.05) is 14.2 Å². The van der Waals surface area contributed by atoms with Crippen molar-refractivity contribution in [1.29, 1.82) is 0 Å². The van der Waals surface area contributed by atoms with Crippen molar-refractivity contribution in [3.05, 3.63) is 42.0 Å². The summed E-state index contributed by atoms with van der Waals surface area (Å²) in [5, 5.41) is 6.98. The molecule has 1 heterocycles. The summed E-state index contributed by atoms with van der Waals surface area (Å²) in [4.78, 5) is 17.8. The third-order valence-corrected chi connectivity index (χ3v) is 3.52. The van der Waals surface area contributed by atoms with Crippen LogP contribution in [0.5, 0.6) is 5.75 Å². The number of hydrogen-bond donors (Lipinski definition) is 1. The molecule has 2 amide bonds. The van der Waals surface area contributed by atoms with E-state index in [1.807, 2.05) is 32.0 Å². The van der Waals surface area contributed by atoms with Crippen LogP contribution in [0.25, 0.3) is 0 Å². The van der Waals surface area contributed by atoms with E-state index in [4.69, 9.17) is 4.74 Å². The fourth-order valence-corrected chi connectivity index (χ4v) is 2.36. The Hall–Kier alpha value is -2.57. The first-order valence-electron chi connectivity index (χ1n) is 7.47. The quantitative estimate of drug-likeness (QED) is 0.882. The lowest BCUT2D eigenvalue weighted by Crippen LogP contribution is -2.43. The van der Waals surface area contributed by atoms with Gasteiger partial charge in [-0.05, 0) is 31.0 Å². The minimum atomic E-state index is -0.119. The van der Waals surface area contributed by atoms with Crippen molar-refractivity contribution in [2.45, 2.75) is 33.0 Å². The van der Waals surface area contributed by atoms with Crippen molar-refractivity contribution >= 4 is 6.03 Å². The summed E-state index contributed by atoms with van der Waals surface area (Å²) >= 11 is 0. The molecular formula is C16H23N5O2. The third kappa shape index (κ3) is 4.70. The molecule has 0 aliphatic carbocycles. The van der Waals surface area contributed by atoms with Crippen LogP contribution in [0.4, 0.5) is 4.79 Å². The van der Waals surface area contributed by atoms with Crippen LogP contribution in [-0.4, -0.2) is 45.9 Å². The summed E-state index contributed by atoms with van der Waals surface area (Å²) in [6, 6.07) is 5.76. The minimum Gasteiger partial charge on any atom is -0.496 e. The molecule has 124 valence electrons. The van der Waals surface area contributed by atoms with E-state index in [9.17, 15) is 4.79 Å². The average molecular weight is 317 g/mol. The molecule has 1 aromatic heterocycles. The Bertz CT molecular complexity index is 642. The van der Waals surface area contributed by atoms with Crippen molar-refractivity contribution in [1.82, 2.24) is 25.0 Å². The zero-order valence-corrected chi connectivity index (χ0v) is 14.0. The molecule has 2 rings (SSSR count). The zero-order valence-electron chi connectivity index (χ0n) is 14.0. The van der Waals surface area contributed by atoms with Gasteiger partial charge in [0.25, 0.3) is 0 Å². The van der Waals surface area contributed by atoms with Crippen LogP contribution in [-0.2, 0) is 13.1 Å². The second-order valence-electron chi connectivity index (χ2n) is 5.63. The fraction of sp³-hybridized carbons (Fsp3) is 0.438. The molecule has 1 N–H and O–H groups in total. The average Bonchev–Trinajstić information content (AvgIpc) is 3.00. The van der Waals surface area contributed by atoms with Gasteiger partial charge in [0.05, 0.1) is 13.7 Å². The number of carbonyl (C=O) groups is 1. The van der Waals surface area contributed by atoms with Crippen molar-refractivity contribution < 1.29 is 9.53 Å². The number of ether oxygens (including phenoxy) is 1. The number of aromatic nitrogens is 3. The van der Waals surface area contributed by atoms with Gasteiger partial charge in [0, 0.05) is 19.6 Å². The number of nitrogens with zero attached hydrogens (tertiary/aromatic N) is 4. The Balaban J connectivity index is 1.88. The summed E-state index contributed by atoms with van der Waals surface area (Å²) in [7, 11) is 3.43. The lowest BCUT2D eigenvalue weighted by molar-refractivity contribution is 0.202. The van der Waals surface area contributed by atoms with Gasteiger partial charge in [-0.1, -0.05) is 12.1 Å². The number of nitrogens with one attached hydrogen (secondary N) is 1. The van der Waals surface area contributed by atoms with Crippen LogP contribution in [0.1, 0.15) is 18.1 Å². The number of carbonyl (C=O) groups excluding carboxylic acids is 1. The van der Waals surface area contributed by atoms with Gasteiger partial charge in [-0.2, -0.15) is 5.10 Å². The van der Waals surface area contributed by atoms with Gasteiger partial charge >= 0.3 is 6.03 Å². The SMILES string of the molecule is COc1ccc(CN(C)C(=O)NC(C)Cn2cncn2)cc1C. The molecule has 0 saturated carbocycles. The van der Waals surface area contributed by atoms with Gasteiger partial charge in [0.2, 0.25) is 0 Å². The highest BCUT2D eigenvalue weighted by molar-refractivity contribution is 5.74. The van der Waals surface area contributed by atoms with Crippen LogP contribution in [0.2, 0.25) is 0 Å². The minimum absolute atomic E-state index is 0.0377. The second kappa shape index (κ2) is 7.62. The van der Waals surface area contributed by atoms with Gasteiger partial charge in [0.15, 0.2) is 0 Å². The van der Waals surface area contributed by atoms with E-state index in [1.54, 1.807) is 30.1 Å². The summed E-state index contributed by atoms with van der Waals surface area (Å²) in [5.41, 5.74) is 2.11. The fourth-order valence-electron chi connectivity index (χ4n) is 2.36. The highest BCUT2D eigenvalue weighted by Crippen LogP contribution is 2.19. The largest absolute Gasteiger partial charge is 0.496 e. The van der Waals surface area contributed by atoms with Crippen LogP contribution in [0.3, 0.4) is 0 Å². The molecule has 1 aromatic carbocycles. The summed E-state index contributed by atoms with van der Waals surface area (Å²) in [6.07, 6.45) is 3.11. The standard InChI is InChI=1S/C16H23N5O2/c1-12-7-14(5-6-15(12)23-4)9-20(3)16(22)19-13(2)8-21-11-17-10-18-21/h5-7,10-11,13H,8-9H2,1-4H3,(H,19,22). The predicted octanol–water partition coefficient (Wildman–Crippen LogP) is 1.83. The summed E-state index contributed by atoms with van der Waals surface area (Å²) < 4.78 is 6.94. The molecule has 23 heavy (non-hydrogen) atoms. The smallest absolute Gasteiger partial charge is 0.317 e. The second-order valence-corrected chi connectivity index (χ2v) is 5.63. The molecule has 0 radical (unpaired) electrons. The van der Waals surface area contributed by atoms with Gasteiger partial charge in [-0.3, -0.25) is 4.68 Å². The molecule has 0 aliphatic heterocycles. The van der Waals surface area contributed by atoms with E-state index in [1.165, 1.54) is 6.33 Å². The highest BCUT2D eigenvalue weighted by atomic mass is 16.5. The van der Waals surface area contributed by atoms with E-state index in [-0.39, 0.29) is 12.1 Å². The van der Waals surface area contributed by atoms with E-state index >= 15 is 0 Å². The number of urea groups is 1. The Morgan fingerprint density at radius 1 is 1.48 bits per heavy atom. The maximum absolute atomic E-state index is 12.2. The number of amides is 2. The van der Waals surface area contributed by atoms with Crippen LogP contribution in [0, 0.1) is 6.92 Å². The predicted molar refractivity (Wildman–Crippen MR) is 87.2 cm³/mol. The first-order valence-corrected chi connectivity index (χ1v) is 7.47.